The Morgan fingerprint density at radius 1 is 0.968 bits per heavy atom. The first-order valence-electron chi connectivity index (χ1n) is 10.3. The van der Waals surface area contributed by atoms with Gasteiger partial charge in [0.2, 0.25) is 5.91 Å². The van der Waals surface area contributed by atoms with Gasteiger partial charge in [-0.3, -0.25) is 9.48 Å². The number of aryl methyl sites for hydroxylation is 1. The number of hydrogen-bond donors (Lipinski definition) is 0. The Balaban J connectivity index is 1.31. The number of carbonyl (C=O) groups is 1. The van der Waals surface area contributed by atoms with Gasteiger partial charge >= 0.3 is 0 Å². The van der Waals surface area contributed by atoms with Crippen LogP contribution in [0.2, 0.25) is 0 Å². The molecule has 156 valence electrons. The van der Waals surface area contributed by atoms with Crippen LogP contribution < -0.4 is 0 Å². The number of benzene rings is 1. The van der Waals surface area contributed by atoms with Crippen LogP contribution in [0.3, 0.4) is 0 Å². The molecule has 0 spiro atoms. The van der Waals surface area contributed by atoms with Gasteiger partial charge in [0.25, 0.3) is 0 Å². The molecule has 0 atom stereocenters. The molecule has 7 nitrogen and oxygen atoms in total. The summed E-state index contributed by atoms with van der Waals surface area (Å²) in [5.74, 6) is 0.790. The first kappa shape index (κ1) is 19.6. The number of likely N-dealkylation sites (tertiary alicyclic amines) is 1. The molecule has 8 heteroatoms. The van der Waals surface area contributed by atoms with Crippen molar-refractivity contribution < 1.29 is 4.79 Å². The Hall–Kier alpha value is -3.39. The van der Waals surface area contributed by atoms with Crippen LogP contribution in [0.5, 0.6) is 0 Å². The molecule has 1 aliphatic heterocycles. The molecule has 1 aromatic carbocycles. The van der Waals surface area contributed by atoms with Crippen LogP contribution >= 0.6 is 11.3 Å². The van der Waals surface area contributed by atoms with Crippen LogP contribution in [0.25, 0.3) is 33.0 Å². The molecule has 1 aliphatic rings. The highest BCUT2D eigenvalue weighted by molar-refractivity contribution is 7.15. The maximum absolute atomic E-state index is 12.3. The lowest BCUT2D eigenvalue weighted by Crippen LogP contribution is -2.31. The Bertz CT molecular complexity index is 1210. The standard InChI is InChI=1S/C23H22N6OS/c1-16-24-13-21(31-16)17-5-4-6-18(9-17)23-25-10-19(11-26-23)20-12-27-29(14-20)15-22(30)28-7-2-3-8-28/h4-6,9-14H,2-3,7-8,15H2,1H3. The second-order valence-electron chi connectivity index (χ2n) is 7.63. The summed E-state index contributed by atoms with van der Waals surface area (Å²) in [4.78, 5) is 28.8. The van der Waals surface area contributed by atoms with Gasteiger partial charge in [0, 0.05) is 54.6 Å². The van der Waals surface area contributed by atoms with Gasteiger partial charge in [-0.25, -0.2) is 15.0 Å². The molecule has 0 saturated carbocycles. The molecule has 0 unspecified atom stereocenters. The van der Waals surface area contributed by atoms with Crippen molar-refractivity contribution in [3.8, 4) is 33.0 Å². The van der Waals surface area contributed by atoms with Crippen molar-refractivity contribution in [2.45, 2.75) is 26.3 Å². The average Bonchev–Trinajstić information content (AvgIpc) is 3.56. The second-order valence-corrected chi connectivity index (χ2v) is 8.87. The number of aromatic nitrogens is 5. The summed E-state index contributed by atoms with van der Waals surface area (Å²) in [6.07, 6.45) is 11.3. The Morgan fingerprint density at radius 2 is 1.74 bits per heavy atom. The average molecular weight is 431 g/mol. The smallest absolute Gasteiger partial charge is 0.244 e. The van der Waals surface area contributed by atoms with E-state index in [9.17, 15) is 4.79 Å². The molecule has 1 saturated heterocycles. The molecule has 31 heavy (non-hydrogen) atoms. The van der Waals surface area contributed by atoms with Crippen LogP contribution in [-0.2, 0) is 11.3 Å². The molecule has 1 amide bonds. The van der Waals surface area contributed by atoms with E-state index in [1.165, 1.54) is 0 Å². The van der Waals surface area contributed by atoms with Gasteiger partial charge in [0.1, 0.15) is 6.54 Å². The van der Waals surface area contributed by atoms with Crippen molar-refractivity contribution in [3.05, 3.63) is 60.3 Å². The number of thiazole rings is 1. The molecular weight excluding hydrogens is 408 g/mol. The van der Waals surface area contributed by atoms with Crippen LogP contribution in [0.1, 0.15) is 17.8 Å². The Morgan fingerprint density at radius 3 is 2.48 bits per heavy atom. The fraction of sp³-hybridized carbons (Fsp3) is 0.261. The molecule has 0 aliphatic carbocycles. The first-order chi connectivity index (χ1) is 15.2. The predicted molar refractivity (Wildman–Crippen MR) is 120 cm³/mol. The van der Waals surface area contributed by atoms with E-state index in [0.717, 1.165) is 58.1 Å². The summed E-state index contributed by atoms with van der Waals surface area (Å²) in [5.41, 5.74) is 3.84. The van der Waals surface area contributed by atoms with E-state index in [2.05, 4.69) is 32.2 Å². The van der Waals surface area contributed by atoms with Gasteiger partial charge < -0.3 is 4.90 Å². The fourth-order valence-electron chi connectivity index (χ4n) is 3.74. The molecule has 1 fully saturated rings. The zero-order chi connectivity index (χ0) is 21.2. The fourth-order valence-corrected chi connectivity index (χ4v) is 4.51. The van der Waals surface area contributed by atoms with E-state index in [-0.39, 0.29) is 12.5 Å². The zero-order valence-electron chi connectivity index (χ0n) is 17.2. The van der Waals surface area contributed by atoms with Gasteiger partial charge in [-0.2, -0.15) is 5.10 Å². The van der Waals surface area contributed by atoms with Crippen LogP contribution in [0.4, 0.5) is 0 Å². The molecular formula is C23H22N6OS. The summed E-state index contributed by atoms with van der Waals surface area (Å²) >= 11 is 1.67. The van der Waals surface area contributed by atoms with Crippen molar-refractivity contribution in [2.75, 3.05) is 13.1 Å². The lowest BCUT2D eigenvalue weighted by molar-refractivity contribution is -0.130. The minimum atomic E-state index is 0.120. The molecule has 0 radical (unpaired) electrons. The predicted octanol–water partition coefficient (Wildman–Crippen LogP) is 4.06. The highest BCUT2D eigenvalue weighted by Gasteiger charge is 2.18. The van der Waals surface area contributed by atoms with Gasteiger partial charge in [-0.05, 0) is 31.4 Å². The van der Waals surface area contributed by atoms with Crippen molar-refractivity contribution in [3.63, 3.8) is 0 Å². The van der Waals surface area contributed by atoms with Crippen LogP contribution in [-0.4, -0.2) is 48.6 Å². The zero-order valence-corrected chi connectivity index (χ0v) is 18.0. The number of carbonyl (C=O) groups excluding carboxylic acids is 1. The summed E-state index contributed by atoms with van der Waals surface area (Å²) in [6, 6.07) is 8.18. The maximum Gasteiger partial charge on any atom is 0.244 e. The minimum Gasteiger partial charge on any atom is -0.341 e. The largest absolute Gasteiger partial charge is 0.341 e. The highest BCUT2D eigenvalue weighted by Crippen LogP contribution is 2.29. The highest BCUT2D eigenvalue weighted by atomic mass is 32.1. The normalized spacial score (nSPS) is 13.6. The second kappa shape index (κ2) is 8.39. The Kier molecular flexibility index (Phi) is 5.30. The third-order valence-corrected chi connectivity index (χ3v) is 6.36. The number of rotatable bonds is 5. The first-order valence-corrected chi connectivity index (χ1v) is 11.1. The van der Waals surface area contributed by atoms with Gasteiger partial charge in [-0.15, -0.1) is 11.3 Å². The van der Waals surface area contributed by atoms with E-state index >= 15 is 0 Å². The summed E-state index contributed by atoms with van der Waals surface area (Å²) < 4.78 is 1.68. The van der Waals surface area contributed by atoms with E-state index in [4.69, 9.17) is 0 Å². The van der Waals surface area contributed by atoms with E-state index < -0.39 is 0 Å². The summed E-state index contributed by atoms with van der Waals surface area (Å²) in [6.45, 7) is 3.98. The minimum absolute atomic E-state index is 0.120. The quantitative estimate of drug-likeness (QED) is 0.477. The van der Waals surface area contributed by atoms with Crippen molar-refractivity contribution in [1.82, 2.24) is 29.6 Å². The van der Waals surface area contributed by atoms with Crippen LogP contribution in [0, 0.1) is 6.92 Å². The van der Waals surface area contributed by atoms with E-state index in [1.54, 1.807) is 34.6 Å². The maximum atomic E-state index is 12.3. The van der Waals surface area contributed by atoms with Gasteiger partial charge in [0.15, 0.2) is 5.82 Å². The van der Waals surface area contributed by atoms with Crippen molar-refractivity contribution in [2.24, 2.45) is 0 Å². The lowest BCUT2D eigenvalue weighted by atomic mass is 10.1. The molecule has 4 heterocycles. The molecule has 0 bridgehead atoms. The van der Waals surface area contributed by atoms with Crippen molar-refractivity contribution in [1.29, 1.82) is 0 Å². The topological polar surface area (TPSA) is 76.8 Å². The Labute approximate surface area is 184 Å². The number of nitrogens with zero attached hydrogens (tertiary/aromatic N) is 6. The molecule has 5 rings (SSSR count). The number of amides is 1. The monoisotopic (exact) mass is 430 g/mol. The third-order valence-electron chi connectivity index (χ3n) is 5.40. The van der Waals surface area contributed by atoms with Gasteiger partial charge in [0.05, 0.1) is 16.1 Å². The third kappa shape index (κ3) is 4.25. The lowest BCUT2D eigenvalue weighted by Gasteiger charge is -2.14. The summed E-state index contributed by atoms with van der Waals surface area (Å²) in [7, 11) is 0. The van der Waals surface area contributed by atoms with E-state index in [0.29, 0.717) is 5.82 Å². The molecule has 4 aromatic rings. The number of hydrogen-bond acceptors (Lipinski definition) is 6. The molecule has 3 aromatic heterocycles. The van der Waals surface area contributed by atoms with Crippen molar-refractivity contribution >= 4 is 17.2 Å². The summed E-state index contributed by atoms with van der Waals surface area (Å²) in [5, 5.41) is 5.39. The van der Waals surface area contributed by atoms with Gasteiger partial charge in [-0.1, -0.05) is 18.2 Å². The SMILES string of the molecule is Cc1ncc(-c2cccc(-c3ncc(-c4cnn(CC(=O)N5CCCC5)c4)cn3)c2)s1. The van der Waals surface area contributed by atoms with Crippen LogP contribution in [0.15, 0.2) is 55.2 Å². The van der Waals surface area contributed by atoms with E-state index in [1.807, 2.05) is 36.4 Å². The molecule has 0 N–H and O–H groups in total.